The van der Waals surface area contributed by atoms with Crippen molar-refractivity contribution < 1.29 is 17.9 Å². The molecule has 2 aromatic rings. The van der Waals surface area contributed by atoms with Crippen molar-refractivity contribution in [2.75, 3.05) is 20.2 Å². The Balaban J connectivity index is 1.91. The Hall–Kier alpha value is -2.42. The Morgan fingerprint density at radius 1 is 1.19 bits per heavy atom. The minimum atomic E-state index is -3.79. The zero-order chi connectivity index (χ0) is 19.9. The summed E-state index contributed by atoms with van der Waals surface area (Å²) in [4.78, 5) is 12.0. The molecule has 27 heavy (non-hydrogen) atoms. The fraction of sp³-hybridized carbons (Fsp3) is 0.222. The first kappa shape index (κ1) is 20.9. The Kier molecular flexibility index (Phi) is 7.35. The van der Waals surface area contributed by atoms with Crippen molar-refractivity contribution in [2.24, 2.45) is 5.10 Å². The van der Waals surface area contributed by atoms with Crippen LogP contribution in [0.4, 0.5) is 0 Å². The number of hydrogen-bond acceptors (Lipinski definition) is 5. The lowest BCUT2D eigenvalue weighted by molar-refractivity contribution is -0.121. The van der Waals surface area contributed by atoms with Crippen LogP contribution < -0.4 is 10.2 Å². The van der Waals surface area contributed by atoms with Crippen LogP contribution in [0.15, 0.2) is 58.5 Å². The summed E-state index contributed by atoms with van der Waals surface area (Å²) in [6, 6.07) is 12.9. The standard InChI is InChI=1S/C18H20ClN3O4S/c1-3-26-16-8-4-14(5-9-16)12-20-21-18(23)13-22(2)27(24,25)17-10-6-15(19)7-11-17/h4-12H,3,13H2,1-2H3,(H,21,23)/b20-12-. The number of nitrogens with one attached hydrogen (secondary N) is 1. The fourth-order valence-corrected chi connectivity index (χ4v) is 3.36. The number of benzene rings is 2. The summed E-state index contributed by atoms with van der Waals surface area (Å²) in [7, 11) is -2.47. The van der Waals surface area contributed by atoms with Gasteiger partial charge in [-0.2, -0.15) is 9.41 Å². The molecule has 0 saturated carbocycles. The van der Waals surface area contributed by atoms with Crippen molar-refractivity contribution in [3.8, 4) is 5.75 Å². The normalized spacial score (nSPS) is 11.7. The van der Waals surface area contributed by atoms with Gasteiger partial charge in [0.25, 0.3) is 5.91 Å². The molecule has 0 bridgehead atoms. The van der Waals surface area contributed by atoms with Gasteiger partial charge in [0.05, 0.1) is 24.3 Å². The van der Waals surface area contributed by atoms with E-state index < -0.39 is 15.9 Å². The van der Waals surface area contributed by atoms with Crippen molar-refractivity contribution >= 4 is 33.7 Å². The van der Waals surface area contributed by atoms with E-state index in [0.29, 0.717) is 11.6 Å². The van der Waals surface area contributed by atoms with E-state index in [1.807, 2.05) is 6.92 Å². The number of carbonyl (C=O) groups excluding carboxylic acids is 1. The summed E-state index contributed by atoms with van der Waals surface area (Å²) in [6.07, 6.45) is 1.46. The lowest BCUT2D eigenvalue weighted by Crippen LogP contribution is -2.36. The van der Waals surface area contributed by atoms with Crippen LogP contribution in [0, 0.1) is 0 Å². The van der Waals surface area contributed by atoms with E-state index in [2.05, 4.69) is 10.5 Å². The first-order valence-electron chi connectivity index (χ1n) is 8.09. The molecule has 9 heteroatoms. The number of ether oxygens (including phenoxy) is 1. The zero-order valence-electron chi connectivity index (χ0n) is 14.9. The second kappa shape index (κ2) is 9.50. The van der Waals surface area contributed by atoms with E-state index in [-0.39, 0.29) is 11.4 Å². The van der Waals surface area contributed by atoms with Crippen LogP contribution >= 0.6 is 11.6 Å². The van der Waals surface area contributed by atoms with Crippen molar-refractivity contribution in [1.82, 2.24) is 9.73 Å². The van der Waals surface area contributed by atoms with Crippen LogP contribution in [0.2, 0.25) is 5.02 Å². The average molecular weight is 410 g/mol. The molecule has 0 saturated heterocycles. The molecule has 0 aromatic heterocycles. The second-order valence-corrected chi connectivity index (χ2v) is 7.99. The molecule has 0 unspecified atom stereocenters. The van der Waals surface area contributed by atoms with Crippen LogP contribution in [-0.4, -0.2) is 45.0 Å². The molecule has 0 aliphatic rings. The van der Waals surface area contributed by atoms with Gasteiger partial charge in [0.2, 0.25) is 10.0 Å². The summed E-state index contributed by atoms with van der Waals surface area (Å²) in [5.74, 6) is 0.185. The quantitative estimate of drug-likeness (QED) is 0.536. The maximum Gasteiger partial charge on any atom is 0.255 e. The van der Waals surface area contributed by atoms with Gasteiger partial charge in [-0.3, -0.25) is 4.79 Å². The van der Waals surface area contributed by atoms with Crippen molar-refractivity contribution in [2.45, 2.75) is 11.8 Å². The van der Waals surface area contributed by atoms with Gasteiger partial charge in [-0.1, -0.05) is 11.6 Å². The van der Waals surface area contributed by atoms with Crippen molar-refractivity contribution in [3.05, 3.63) is 59.1 Å². The Morgan fingerprint density at radius 2 is 1.81 bits per heavy atom. The molecular formula is C18H20ClN3O4S. The van der Waals surface area contributed by atoms with E-state index in [9.17, 15) is 13.2 Å². The highest BCUT2D eigenvalue weighted by Crippen LogP contribution is 2.17. The second-order valence-electron chi connectivity index (χ2n) is 5.51. The first-order valence-corrected chi connectivity index (χ1v) is 9.91. The van der Waals surface area contributed by atoms with Crippen molar-refractivity contribution in [1.29, 1.82) is 0 Å². The Labute approximate surface area is 163 Å². The molecular weight excluding hydrogens is 390 g/mol. The minimum Gasteiger partial charge on any atom is -0.494 e. The van der Waals surface area contributed by atoms with Gasteiger partial charge >= 0.3 is 0 Å². The number of hydrazone groups is 1. The van der Waals surface area contributed by atoms with E-state index in [1.165, 1.54) is 37.5 Å². The summed E-state index contributed by atoms with van der Waals surface area (Å²) in [6.45, 7) is 2.11. The number of hydrogen-bond donors (Lipinski definition) is 1. The molecule has 0 aliphatic heterocycles. The smallest absolute Gasteiger partial charge is 0.255 e. The van der Waals surface area contributed by atoms with Gasteiger partial charge in [-0.05, 0) is 61.0 Å². The number of sulfonamides is 1. The van der Waals surface area contributed by atoms with Gasteiger partial charge in [0, 0.05) is 12.1 Å². The topological polar surface area (TPSA) is 88.1 Å². The summed E-state index contributed by atoms with van der Waals surface area (Å²) in [5.41, 5.74) is 3.07. The van der Waals surface area contributed by atoms with Gasteiger partial charge in [0.1, 0.15) is 5.75 Å². The van der Waals surface area contributed by atoms with Gasteiger partial charge < -0.3 is 4.74 Å². The Morgan fingerprint density at radius 3 is 2.41 bits per heavy atom. The predicted octanol–water partition coefficient (Wildman–Crippen LogP) is 2.51. The third-order valence-corrected chi connectivity index (χ3v) is 5.55. The Bertz CT molecular complexity index is 897. The predicted molar refractivity (Wildman–Crippen MR) is 105 cm³/mol. The van der Waals surface area contributed by atoms with Crippen LogP contribution in [0.25, 0.3) is 0 Å². The van der Waals surface area contributed by atoms with E-state index >= 15 is 0 Å². The molecule has 0 fully saturated rings. The third kappa shape index (κ3) is 6.06. The summed E-state index contributed by atoms with van der Waals surface area (Å²) >= 11 is 5.76. The lowest BCUT2D eigenvalue weighted by atomic mass is 10.2. The van der Waals surface area contributed by atoms with E-state index in [1.54, 1.807) is 24.3 Å². The molecule has 0 aliphatic carbocycles. The first-order chi connectivity index (χ1) is 12.8. The molecule has 2 rings (SSSR count). The molecule has 0 radical (unpaired) electrons. The zero-order valence-corrected chi connectivity index (χ0v) is 16.5. The van der Waals surface area contributed by atoms with E-state index in [0.717, 1.165) is 15.6 Å². The number of halogens is 1. The summed E-state index contributed by atoms with van der Waals surface area (Å²) in [5, 5.41) is 4.26. The lowest BCUT2D eigenvalue weighted by Gasteiger charge is -2.16. The average Bonchev–Trinajstić information content (AvgIpc) is 2.63. The highest BCUT2D eigenvalue weighted by Gasteiger charge is 2.22. The number of rotatable bonds is 8. The molecule has 0 heterocycles. The number of amides is 1. The monoisotopic (exact) mass is 409 g/mol. The van der Waals surface area contributed by atoms with Crippen LogP contribution in [0.3, 0.4) is 0 Å². The largest absolute Gasteiger partial charge is 0.494 e. The molecule has 2 aromatic carbocycles. The molecule has 144 valence electrons. The maximum absolute atomic E-state index is 12.4. The highest BCUT2D eigenvalue weighted by molar-refractivity contribution is 7.89. The molecule has 0 spiro atoms. The van der Waals surface area contributed by atoms with Crippen LogP contribution in [0.5, 0.6) is 5.75 Å². The van der Waals surface area contributed by atoms with Crippen LogP contribution in [0.1, 0.15) is 12.5 Å². The molecule has 7 nitrogen and oxygen atoms in total. The number of nitrogens with zero attached hydrogens (tertiary/aromatic N) is 2. The van der Waals surface area contributed by atoms with E-state index in [4.69, 9.17) is 16.3 Å². The SMILES string of the molecule is CCOc1ccc(/C=N\NC(=O)CN(C)S(=O)(=O)c2ccc(Cl)cc2)cc1. The van der Waals surface area contributed by atoms with Gasteiger partial charge in [-0.15, -0.1) is 0 Å². The fourth-order valence-electron chi connectivity index (χ4n) is 2.10. The molecule has 1 amide bonds. The molecule has 1 N–H and O–H groups in total. The highest BCUT2D eigenvalue weighted by atomic mass is 35.5. The third-order valence-electron chi connectivity index (χ3n) is 3.48. The van der Waals surface area contributed by atoms with Crippen molar-refractivity contribution in [3.63, 3.8) is 0 Å². The van der Waals surface area contributed by atoms with Gasteiger partial charge in [0.15, 0.2) is 0 Å². The molecule has 0 atom stereocenters. The maximum atomic E-state index is 12.4. The van der Waals surface area contributed by atoms with Crippen LogP contribution in [-0.2, 0) is 14.8 Å². The minimum absolute atomic E-state index is 0.0556. The number of likely N-dealkylation sites (N-methyl/N-ethyl adjacent to an activating group) is 1. The number of carbonyl (C=O) groups is 1. The summed E-state index contributed by atoms with van der Waals surface area (Å²) < 4.78 is 31.1. The van der Waals surface area contributed by atoms with Gasteiger partial charge in [-0.25, -0.2) is 13.8 Å².